The minimum atomic E-state index is 0.429. The Balaban J connectivity index is 1.49. The van der Waals surface area contributed by atoms with Gasteiger partial charge in [-0.2, -0.15) is 0 Å². The number of nitrogens with zero attached hydrogens (tertiary/aromatic N) is 1. The smallest absolute Gasteiger partial charge is 0.0308 e. The Bertz CT molecular complexity index is 325. The van der Waals surface area contributed by atoms with Crippen LogP contribution in [0.2, 0.25) is 0 Å². The van der Waals surface area contributed by atoms with Gasteiger partial charge in [0.05, 0.1) is 0 Å². The van der Waals surface area contributed by atoms with Crippen LogP contribution < -0.4 is 5.32 Å². The van der Waals surface area contributed by atoms with Crippen LogP contribution in [-0.4, -0.2) is 36.1 Å². The summed E-state index contributed by atoms with van der Waals surface area (Å²) >= 11 is 0. The Morgan fingerprint density at radius 1 is 1.11 bits per heavy atom. The van der Waals surface area contributed by atoms with Crippen molar-refractivity contribution >= 4 is 0 Å². The summed E-state index contributed by atoms with van der Waals surface area (Å²) in [6.45, 7) is 6.41. The molecule has 1 N–H and O–H groups in total. The second-order valence-electron chi connectivity index (χ2n) is 7.68. The average molecular weight is 248 g/mol. The van der Waals surface area contributed by atoms with Crippen molar-refractivity contribution in [2.45, 2.75) is 63.5 Å². The molecular formula is C16H28N2. The molecule has 2 nitrogen and oxygen atoms in total. The first-order chi connectivity index (χ1) is 8.74. The van der Waals surface area contributed by atoms with Gasteiger partial charge in [-0.3, -0.25) is 4.90 Å². The third-order valence-corrected chi connectivity index (χ3v) is 6.33. The number of rotatable bonds is 2. The summed E-state index contributed by atoms with van der Waals surface area (Å²) in [5, 5.41) is 3.88. The SMILES string of the molecule is CC1(C2CC2)CN(C2CC3CCC2C3)CCCN1. The lowest BCUT2D eigenvalue weighted by atomic mass is 9.90. The van der Waals surface area contributed by atoms with Crippen LogP contribution >= 0.6 is 0 Å². The summed E-state index contributed by atoms with van der Waals surface area (Å²) in [6, 6.07) is 0.946. The lowest BCUT2D eigenvalue weighted by Crippen LogP contribution is -2.53. The van der Waals surface area contributed by atoms with Crippen molar-refractivity contribution < 1.29 is 0 Å². The molecule has 0 spiro atoms. The fourth-order valence-electron chi connectivity index (χ4n) is 5.15. The Kier molecular flexibility index (Phi) is 2.74. The van der Waals surface area contributed by atoms with Crippen molar-refractivity contribution in [3.63, 3.8) is 0 Å². The Morgan fingerprint density at radius 3 is 2.67 bits per heavy atom. The van der Waals surface area contributed by atoms with E-state index in [4.69, 9.17) is 0 Å². The summed E-state index contributed by atoms with van der Waals surface area (Å²) < 4.78 is 0. The lowest BCUT2D eigenvalue weighted by Gasteiger charge is -2.39. The number of fused-ring (bicyclic) bond motifs is 2. The predicted molar refractivity (Wildman–Crippen MR) is 74.6 cm³/mol. The van der Waals surface area contributed by atoms with E-state index >= 15 is 0 Å². The molecule has 1 saturated heterocycles. The van der Waals surface area contributed by atoms with Crippen LogP contribution in [0.15, 0.2) is 0 Å². The van der Waals surface area contributed by atoms with Gasteiger partial charge in [0.25, 0.3) is 0 Å². The summed E-state index contributed by atoms with van der Waals surface area (Å²) in [5.74, 6) is 3.11. The first-order valence-electron chi connectivity index (χ1n) is 8.24. The molecule has 1 heterocycles. The molecule has 0 radical (unpaired) electrons. The molecule has 4 unspecified atom stereocenters. The fourth-order valence-corrected chi connectivity index (χ4v) is 5.15. The van der Waals surface area contributed by atoms with Gasteiger partial charge in [-0.05, 0) is 76.3 Å². The van der Waals surface area contributed by atoms with Gasteiger partial charge < -0.3 is 5.32 Å². The predicted octanol–water partition coefficient (Wildman–Crippen LogP) is 2.64. The molecule has 3 saturated carbocycles. The van der Waals surface area contributed by atoms with E-state index in [2.05, 4.69) is 17.1 Å². The maximum atomic E-state index is 3.88. The van der Waals surface area contributed by atoms with Crippen LogP contribution in [-0.2, 0) is 0 Å². The zero-order valence-corrected chi connectivity index (χ0v) is 11.8. The maximum Gasteiger partial charge on any atom is 0.0308 e. The minimum Gasteiger partial charge on any atom is -0.310 e. The van der Waals surface area contributed by atoms with Gasteiger partial charge >= 0.3 is 0 Å². The minimum absolute atomic E-state index is 0.429. The van der Waals surface area contributed by atoms with E-state index in [0.29, 0.717) is 5.54 Å². The first-order valence-corrected chi connectivity index (χ1v) is 8.24. The van der Waals surface area contributed by atoms with Gasteiger partial charge in [-0.15, -0.1) is 0 Å². The van der Waals surface area contributed by atoms with E-state index < -0.39 is 0 Å². The van der Waals surface area contributed by atoms with E-state index in [-0.39, 0.29) is 0 Å². The molecule has 0 aromatic carbocycles. The maximum absolute atomic E-state index is 3.88. The van der Waals surface area contributed by atoms with Crippen molar-refractivity contribution in [2.24, 2.45) is 17.8 Å². The van der Waals surface area contributed by atoms with E-state index in [9.17, 15) is 0 Å². The van der Waals surface area contributed by atoms with Gasteiger partial charge in [-0.25, -0.2) is 0 Å². The van der Waals surface area contributed by atoms with Crippen LogP contribution in [0.5, 0.6) is 0 Å². The van der Waals surface area contributed by atoms with Crippen molar-refractivity contribution in [2.75, 3.05) is 19.6 Å². The lowest BCUT2D eigenvalue weighted by molar-refractivity contribution is 0.112. The largest absolute Gasteiger partial charge is 0.310 e. The highest BCUT2D eigenvalue weighted by molar-refractivity contribution is 5.04. The van der Waals surface area contributed by atoms with E-state index in [0.717, 1.165) is 23.8 Å². The molecule has 4 aliphatic rings. The summed E-state index contributed by atoms with van der Waals surface area (Å²) in [6.07, 6.45) is 10.4. The zero-order chi connectivity index (χ0) is 12.2. The van der Waals surface area contributed by atoms with Crippen LogP contribution in [0.4, 0.5) is 0 Å². The van der Waals surface area contributed by atoms with Crippen molar-refractivity contribution in [1.29, 1.82) is 0 Å². The van der Waals surface area contributed by atoms with E-state index in [1.165, 1.54) is 58.2 Å². The molecule has 4 rings (SSSR count). The molecule has 2 heteroatoms. The van der Waals surface area contributed by atoms with Gasteiger partial charge in [0.15, 0.2) is 0 Å². The summed E-state index contributed by atoms with van der Waals surface area (Å²) in [4.78, 5) is 2.89. The van der Waals surface area contributed by atoms with Gasteiger partial charge in [0.2, 0.25) is 0 Å². The summed E-state index contributed by atoms with van der Waals surface area (Å²) in [5.41, 5.74) is 0.429. The number of nitrogens with one attached hydrogen (secondary N) is 1. The highest BCUT2D eigenvalue weighted by Crippen LogP contribution is 2.48. The van der Waals surface area contributed by atoms with E-state index in [1.807, 2.05) is 0 Å². The molecule has 18 heavy (non-hydrogen) atoms. The topological polar surface area (TPSA) is 15.3 Å². The normalized spacial score (nSPS) is 49.5. The van der Waals surface area contributed by atoms with Crippen molar-refractivity contribution in [1.82, 2.24) is 10.2 Å². The standard InChI is InChI=1S/C16H28N2/c1-16(14-5-6-14)11-18(8-2-7-17-16)15-10-12-3-4-13(15)9-12/h12-15,17H,2-11H2,1H3. The first kappa shape index (κ1) is 11.7. The number of hydrogen-bond acceptors (Lipinski definition) is 2. The fraction of sp³-hybridized carbons (Fsp3) is 1.00. The van der Waals surface area contributed by atoms with Crippen LogP contribution in [0.3, 0.4) is 0 Å². The number of hydrogen-bond donors (Lipinski definition) is 1. The molecular weight excluding hydrogens is 220 g/mol. The third kappa shape index (κ3) is 1.92. The van der Waals surface area contributed by atoms with Crippen molar-refractivity contribution in [3.05, 3.63) is 0 Å². The molecule has 102 valence electrons. The molecule has 3 aliphatic carbocycles. The molecule has 2 bridgehead atoms. The molecule has 0 amide bonds. The van der Waals surface area contributed by atoms with Gasteiger partial charge in [-0.1, -0.05) is 6.42 Å². The Hall–Kier alpha value is -0.0800. The van der Waals surface area contributed by atoms with Gasteiger partial charge in [0.1, 0.15) is 0 Å². The van der Waals surface area contributed by atoms with Gasteiger partial charge in [0, 0.05) is 18.1 Å². The Labute approximate surface area is 111 Å². The highest BCUT2D eigenvalue weighted by Gasteiger charge is 2.47. The van der Waals surface area contributed by atoms with Crippen LogP contribution in [0.25, 0.3) is 0 Å². The molecule has 0 aromatic heterocycles. The van der Waals surface area contributed by atoms with Crippen LogP contribution in [0, 0.1) is 17.8 Å². The van der Waals surface area contributed by atoms with E-state index in [1.54, 1.807) is 6.42 Å². The van der Waals surface area contributed by atoms with Crippen LogP contribution in [0.1, 0.15) is 51.9 Å². The third-order valence-electron chi connectivity index (χ3n) is 6.33. The monoisotopic (exact) mass is 248 g/mol. The van der Waals surface area contributed by atoms with Crippen molar-refractivity contribution in [3.8, 4) is 0 Å². The zero-order valence-electron chi connectivity index (χ0n) is 11.8. The molecule has 1 aliphatic heterocycles. The quantitative estimate of drug-likeness (QED) is 0.808. The highest BCUT2D eigenvalue weighted by atomic mass is 15.2. The Morgan fingerprint density at radius 2 is 2.00 bits per heavy atom. The molecule has 4 fully saturated rings. The molecule has 4 atom stereocenters. The molecule has 0 aromatic rings. The summed E-state index contributed by atoms with van der Waals surface area (Å²) in [7, 11) is 0. The second-order valence-corrected chi connectivity index (χ2v) is 7.68. The second kappa shape index (κ2) is 4.21. The average Bonchev–Trinajstić information content (AvgIpc) is 3.08.